The number of halogens is 2. The van der Waals surface area contributed by atoms with Crippen molar-refractivity contribution in [3.8, 4) is 5.69 Å². The van der Waals surface area contributed by atoms with Crippen molar-refractivity contribution in [3.63, 3.8) is 0 Å². The van der Waals surface area contributed by atoms with Gasteiger partial charge in [0.05, 0.1) is 39.2 Å². The molecule has 200 valence electrons. The highest BCUT2D eigenvalue weighted by atomic mass is 35.5. The largest absolute Gasteiger partial charge is 0.351 e. The van der Waals surface area contributed by atoms with E-state index in [-0.39, 0.29) is 23.9 Å². The van der Waals surface area contributed by atoms with Crippen LogP contribution in [0.3, 0.4) is 0 Å². The molecule has 3 heterocycles. The minimum absolute atomic E-state index is 0.0943. The van der Waals surface area contributed by atoms with Gasteiger partial charge in [0, 0.05) is 29.2 Å². The molecule has 1 aliphatic rings. The summed E-state index contributed by atoms with van der Waals surface area (Å²) in [7, 11) is 0. The van der Waals surface area contributed by atoms with E-state index in [1.54, 1.807) is 6.20 Å². The molecule has 0 saturated carbocycles. The number of carbonyl (C=O) groups is 1. The molecule has 0 spiro atoms. The second-order valence-corrected chi connectivity index (χ2v) is 11.1. The van der Waals surface area contributed by atoms with Crippen LogP contribution in [0.15, 0.2) is 72.9 Å². The Morgan fingerprint density at radius 1 is 1.03 bits per heavy atom. The van der Waals surface area contributed by atoms with Crippen LogP contribution in [0.5, 0.6) is 0 Å². The third kappa shape index (κ3) is 5.14. The molecule has 2 atom stereocenters. The number of aromatic nitrogens is 2. The number of thiocarbonyl (C=S) groups is 1. The average Bonchev–Trinajstić information content (AvgIpc) is 3.41. The van der Waals surface area contributed by atoms with Crippen molar-refractivity contribution >= 4 is 57.8 Å². The van der Waals surface area contributed by atoms with Gasteiger partial charge in [0.15, 0.2) is 5.11 Å². The molecule has 2 aromatic carbocycles. The minimum atomic E-state index is -0.220. The molecule has 0 aliphatic carbocycles. The quantitative estimate of drug-likeness (QED) is 0.231. The van der Waals surface area contributed by atoms with Gasteiger partial charge in [-0.15, -0.1) is 0 Å². The Bertz CT molecular complexity index is 1550. The van der Waals surface area contributed by atoms with Crippen LogP contribution in [0.25, 0.3) is 5.69 Å². The molecule has 0 radical (unpaired) electrons. The van der Waals surface area contributed by atoms with Gasteiger partial charge in [0.1, 0.15) is 0 Å². The Balaban J connectivity index is 1.63. The molecule has 5 rings (SSSR count). The Morgan fingerprint density at radius 2 is 1.77 bits per heavy atom. The first kappa shape index (κ1) is 27.2. The Morgan fingerprint density at radius 3 is 2.44 bits per heavy atom. The Hall–Kier alpha value is -3.39. The van der Waals surface area contributed by atoms with Gasteiger partial charge in [-0.1, -0.05) is 55.2 Å². The third-order valence-electron chi connectivity index (χ3n) is 6.99. The fraction of sp³-hybridized carbons (Fsp3) is 0.233. The molecule has 2 N–H and O–H groups in total. The van der Waals surface area contributed by atoms with Crippen LogP contribution in [0.2, 0.25) is 10.0 Å². The number of nitrogens with one attached hydrogen (secondary N) is 2. The van der Waals surface area contributed by atoms with Crippen LogP contribution in [-0.2, 0) is 4.79 Å². The lowest BCUT2D eigenvalue weighted by molar-refractivity contribution is -0.118. The summed E-state index contributed by atoms with van der Waals surface area (Å²) in [6, 6.07) is 21.0. The summed E-state index contributed by atoms with van der Waals surface area (Å²) in [5, 5.41) is 8.07. The molecule has 39 heavy (non-hydrogen) atoms. The molecule has 6 nitrogen and oxygen atoms in total. The van der Waals surface area contributed by atoms with E-state index in [1.165, 1.54) is 0 Å². The molecule has 1 saturated heterocycles. The van der Waals surface area contributed by atoms with Gasteiger partial charge in [-0.2, -0.15) is 0 Å². The smallest absolute Gasteiger partial charge is 0.226 e. The zero-order valence-corrected chi connectivity index (χ0v) is 24.4. The lowest BCUT2D eigenvalue weighted by atomic mass is 9.96. The first-order chi connectivity index (χ1) is 18.7. The second kappa shape index (κ2) is 11.0. The van der Waals surface area contributed by atoms with Crippen molar-refractivity contribution in [2.75, 3.05) is 10.2 Å². The van der Waals surface area contributed by atoms with Gasteiger partial charge >= 0.3 is 0 Å². The van der Waals surface area contributed by atoms with Gasteiger partial charge in [-0.3, -0.25) is 9.78 Å². The first-order valence-corrected chi connectivity index (χ1v) is 13.9. The molecule has 0 bridgehead atoms. The number of aryl methyl sites for hydroxylation is 1. The third-order valence-corrected chi connectivity index (χ3v) is 7.94. The van der Waals surface area contributed by atoms with E-state index in [1.807, 2.05) is 74.5 Å². The van der Waals surface area contributed by atoms with Crippen LogP contribution < -0.4 is 15.5 Å². The molecule has 0 unspecified atom stereocenters. The summed E-state index contributed by atoms with van der Waals surface area (Å²) < 4.78 is 2.17. The van der Waals surface area contributed by atoms with E-state index in [0.29, 0.717) is 20.8 Å². The van der Waals surface area contributed by atoms with Crippen molar-refractivity contribution in [2.24, 2.45) is 5.92 Å². The number of hydrogen-bond donors (Lipinski definition) is 2. The van der Waals surface area contributed by atoms with E-state index >= 15 is 0 Å². The molecular formula is C30H29Cl2N5OS. The SMILES string of the molecule is Cc1cc([C@H]2[C@@H](c3ccccn3)NC(=S)N2c2ccc(NC(=O)C(C)C)c(Cl)c2)c(C)n1-c1ccccc1Cl. The van der Waals surface area contributed by atoms with Crippen LogP contribution in [0.1, 0.15) is 48.6 Å². The van der Waals surface area contributed by atoms with Gasteiger partial charge in [0.25, 0.3) is 0 Å². The average molecular weight is 579 g/mol. The van der Waals surface area contributed by atoms with Crippen LogP contribution >= 0.6 is 35.4 Å². The van der Waals surface area contributed by atoms with Crippen LogP contribution in [0.4, 0.5) is 11.4 Å². The molecule has 1 aliphatic heterocycles. The predicted molar refractivity (Wildman–Crippen MR) is 163 cm³/mol. The summed E-state index contributed by atoms with van der Waals surface area (Å²) in [6.45, 7) is 7.85. The number of amides is 1. The highest BCUT2D eigenvalue weighted by molar-refractivity contribution is 7.80. The first-order valence-electron chi connectivity index (χ1n) is 12.7. The number of benzene rings is 2. The highest BCUT2D eigenvalue weighted by Crippen LogP contribution is 2.45. The fourth-order valence-corrected chi connectivity index (χ4v) is 5.86. The summed E-state index contributed by atoms with van der Waals surface area (Å²) >= 11 is 19.2. The predicted octanol–water partition coefficient (Wildman–Crippen LogP) is 7.57. The summed E-state index contributed by atoms with van der Waals surface area (Å²) in [6.07, 6.45) is 1.79. The number of anilines is 2. The number of nitrogens with zero attached hydrogens (tertiary/aromatic N) is 3. The molecule has 4 aromatic rings. The van der Waals surface area contributed by atoms with Crippen molar-refractivity contribution in [3.05, 3.63) is 106 Å². The molecule has 2 aromatic heterocycles. The van der Waals surface area contributed by atoms with Crippen molar-refractivity contribution in [1.82, 2.24) is 14.9 Å². The zero-order valence-electron chi connectivity index (χ0n) is 22.1. The second-order valence-electron chi connectivity index (χ2n) is 9.92. The number of rotatable bonds is 6. The summed E-state index contributed by atoms with van der Waals surface area (Å²) in [5.74, 6) is -0.254. The van der Waals surface area contributed by atoms with Gasteiger partial charge in [-0.25, -0.2) is 0 Å². The number of para-hydroxylation sites is 1. The summed E-state index contributed by atoms with van der Waals surface area (Å²) in [4.78, 5) is 19.0. The van der Waals surface area contributed by atoms with Crippen LogP contribution in [-0.4, -0.2) is 20.6 Å². The van der Waals surface area contributed by atoms with Gasteiger partial charge < -0.3 is 20.1 Å². The van der Waals surface area contributed by atoms with E-state index < -0.39 is 0 Å². The topological polar surface area (TPSA) is 62.2 Å². The monoisotopic (exact) mass is 577 g/mol. The maximum absolute atomic E-state index is 12.3. The zero-order chi connectivity index (χ0) is 27.8. The van der Waals surface area contributed by atoms with Crippen LogP contribution in [0, 0.1) is 19.8 Å². The standard InChI is InChI=1S/C30H29Cl2N5OS/c1-17(2)29(38)34-24-13-12-20(16-23(24)32)37-28(27(35-30(37)39)25-10-7-8-14-33-25)21-15-18(3)36(19(21)4)26-11-6-5-9-22(26)31/h5-17,27-28H,1-4H3,(H,34,38)(H,35,39)/t27-,28+/m1/s1. The lowest BCUT2D eigenvalue weighted by Gasteiger charge is -2.28. The molecule has 1 amide bonds. The summed E-state index contributed by atoms with van der Waals surface area (Å²) in [5.41, 5.74) is 6.36. The number of hydrogen-bond acceptors (Lipinski definition) is 3. The van der Waals surface area contributed by atoms with Crippen molar-refractivity contribution in [2.45, 2.75) is 39.8 Å². The maximum Gasteiger partial charge on any atom is 0.226 e. The van der Waals surface area contributed by atoms with Crippen molar-refractivity contribution < 1.29 is 4.79 Å². The lowest BCUT2D eigenvalue weighted by Crippen LogP contribution is -2.29. The Labute approximate surface area is 244 Å². The minimum Gasteiger partial charge on any atom is -0.351 e. The number of pyridine rings is 1. The highest BCUT2D eigenvalue weighted by Gasteiger charge is 2.42. The van der Waals surface area contributed by atoms with Gasteiger partial charge in [0.2, 0.25) is 5.91 Å². The van der Waals surface area contributed by atoms with E-state index in [0.717, 1.165) is 34.0 Å². The Kier molecular flexibility index (Phi) is 7.67. The fourth-order valence-electron chi connectivity index (χ4n) is 5.07. The molecule has 1 fully saturated rings. The molecule has 9 heteroatoms. The maximum atomic E-state index is 12.3. The normalized spacial score (nSPS) is 17.0. The van der Waals surface area contributed by atoms with E-state index in [9.17, 15) is 4.79 Å². The molecular weight excluding hydrogens is 549 g/mol. The van der Waals surface area contributed by atoms with Gasteiger partial charge in [-0.05, 0) is 80.2 Å². The van der Waals surface area contributed by atoms with E-state index in [2.05, 4.69) is 45.0 Å². The van der Waals surface area contributed by atoms with Crippen molar-refractivity contribution in [1.29, 1.82) is 0 Å². The number of carbonyl (C=O) groups excluding carboxylic acids is 1. The van der Waals surface area contributed by atoms with E-state index in [4.69, 9.17) is 35.4 Å².